The number of halogens is 4. The molecule has 0 aliphatic rings. The van der Waals surface area contributed by atoms with Crippen molar-refractivity contribution in [1.29, 1.82) is 5.41 Å². The highest BCUT2D eigenvalue weighted by molar-refractivity contribution is 7.19. The van der Waals surface area contributed by atoms with Crippen LogP contribution in [0.4, 0.5) is 17.6 Å². The smallest absolute Gasteiger partial charge is 0.402 e. The lowest BCUT2D eigenvalue weighted by Gasteiger charge is -2.16. The summed E-state index contributed by atoms with van der Waals surface area (Å²) in [6.07, 6.45) is -1.42. The van der Waals surface area contributed by atoms with E-state index in [0.717, 1.165) is 6.20 Å². The number of alkyl halides is 3. The van der Waals surface area contributed by atoms with Crippen molar-refractivity contribution in [3.8, 4) is 0 Å². The molecular formula is C18H18F4N8O2S. The molecule has 3 aromatic rings. The van der Waals surface area contributed by atoms with Crippen LogP contribution in [0.25, 0.3) is 10.3 Å². The predicted molar refractivity (Wildman–Crippen MR) is 113 cm³/mol. The van der Waals surface area contributed by atoms with Crippen LogP contribution in [0.3, 0.4) is 0 Å². The Balaban J connectivity index is 1.87. The molecule has 3 rings (SSSR count). The summed E-state index contributed by atoms with van der Waals surface area (Å²) in [7, 11) is 3.08. The molecule has 0 saturated carbocycles. The van der Waals surface area contributed by atoms with Gasteiger partial charge in [-0.1, -0.05) is 0 Å². The van der Waals surface area contributed by atoms with Crippen LogP contribution in [0.5, 0.6) is 0 Å². The Hall–Kier alpha value is -3.75. The van der Waals surface area contributed by atoms with Gasteiger partial charge in [0.05, 0.1) is 47.0 Å². The largest absolute Gasteiger partial charge is 0.573 e. The molecule has 0 aliphatic carbocycles. The number of likely N-dealkylation sites (N-methyl/N-ethyl adjacent to an activating group) is 1. The summed E-state index contributed by atoms with van der Waals surface area (Å²) in [6, 6.07) is 0. The van der Waals surface area contributed by atoms with Crippen LogP contribution in [0.15, 0.2) is 22.8 Å². The van der Waals surface area contributed by atoms with Gasteiger partial charge in [-0.15, -0.1) is 24.5 Å². The Kier molecular flexibility index (Phi) is 6.81. The Labute approximate surface area is 187 Å². The van der Waals surface area contributed by atoms with E-state index in [1.165, 1.54) is 29.6 Å². The fraction of sp³-hybridized carbons (Fsp3) is 0.278. The third-order valence-corrected chi connectivity index (χ3v) is 5.49. The number of rotatable bonds is 9. The number of nitrogens with two attached hydrogens (primary N) is 1. The van der Waals surface area contributed by atoms with E-state index in [1.54, 1.807) is 11.6 Å². The molecule has 0 fully saturated rings. The number of hydrogen-bond acceptors (Lipinski definition) is 9. The molecule has 0 amide bonds. The summed E-state index contributed by atoms with van der Waals surface area (Å²) in [6.45, 7) is -0.281. The second kappa shape index (κ2) is 9.40. The second-order valence-electron chi connectivity index (χ2n) is 6.75. The van der Waals surface area contributed by atoms with Crippen LogP contribution in [0, 0.1) is 11.2 Å². The first-order valence-electron chi connectivity index (χ1n) is 9.15. The maximum absolute atomic E-state index is 13.7. The zero-order chi connectivity index (χ0) is 24.3. The summed E-state index contributed by atoms with van der Waals surface area (Å²) in [4.78, 5) is 16.1. The number of aldehydes is 1. The minimum absolute atomic E-state index is 0.172. The number of ether oxygens (including phenoxy) is 1. The van der Waals surface area contributed by atoms with Crippen molar-refractivity contribution in [2.45, 2.75) is 12.8 Å². The number of H-pyrrole nitrogens is 1. The van der Waals surface area contributed by atoms with Crippen LogP contribution >= 0.6 is 11.3 Å². The summed E-state index contributed by atoms with van der Waals surface area (Å²) in [5.41, 5.74) is 6.73. The minimum atomic E-state index is -4.99. The van der Waals surface area contributed by atoms with Gasteiger partial charge < -0.3 is 20.4 Å². The number of aromatic amines is 1. The fourth-order valence-electron chi connectivity index (χ4n) is 2.92. The van der Waals surface area contributed by atoms with Gasteiger partial charge in [-0.05, 0) is 0 Å². The lowest BCUT2D eigenvalue weighted by Crippen LogP contribution is -2.24. The van der Waals surface area contributed by atoms with Crippen LogP contribution in [-0.4, -0.2) is 63.4 Å². The first-order chi connectivity index (χ1) is 15.5. The van der Waals surface area contributed by atoms with Gasteiger partial charge in [0.1, 0.15) is 5.01 Å². The molecule has 4 N–H and O–H groups in total. The van der Waals surface area contributed by atoms with Crippen molar-refractivity contribution < 1.29 is 27.1 Å². The van der Waals surface area contributed by atoms with Gasteiger partial charge in [-0.3, -0.25) is 14.9 Å². The number of carbonyl (C=O) groups is 1. The zero-order valence-electron chi connectivity index (χ0n) is 17.3. The number of hydrazone groups is 1. The quantitative estimate of drug-likeness (QED) is 0.140. The van der Waals surface area contributed by atoms with Crippen LogP contribution in [-0.2, 0) is 18.2 Å². The van der Waals surface area contributed by atoms with E-state index in [1.807, 2.05) is 0 Å². The summed E-state index contributed by atoms with van der Waals surface area (Å²) >= 11 is 1.24. The molecule has 33 heavy (non-hydrogen) atoms. The number of nitrogens with one attached hydrogen (secondary N) is 2. The molecule has 0 radical (unpaired) electrons. The van der Waals surface area contributed by atoms with E-state index in [9.17, 15) is 22.4 Å². The zero-order valence-corrected chi connectivity index (χ0v) is 18.1. The Bertz CT molecular complexity index is 1240. The van der Waals surface area contributed by atoms with Gasteiger partial charge in [0.2, 0.25) is 0 Å². The third kappa shape index (κ3) is 5.36. The number of carbonyl (C=O) groups excluding carboxylic acids is 1. The maximum Gasteiger partial charge on any atom is 0.573 e. The number of nitrogens with zero attached hydrogens (tertiary/aromatic N) is 5. The van der Waals surface area contributed by atoms with Crippen molar-refractivity contribution >= 4 is 40.4 Å². The number of aromatic nitrogens is 4. The maximum atomic E-state index is 13.7. The molecule has 3 aromatic heterocycles. The van der Waals surface area contributed by atoms with Crippen LogP contribution in [0.1, 0.15) is 26.8 Å². The van der Waals surface area contributed by atoms with E-state index >= 15 is 0 Å². The van der Waals surface area contributed by atoms with Gasteiger partial charge in [0.15, 0.2) is 23.5 Å². The van der Waals surface area contributed by atoms with Crippen molar-refractivity contribution in [2.24, 2.45) is 17.9 Å². The predicted octanol–water partition coefficient (Wildman–Crippen LogP) is 2.52. The van der Waals surface area contributed by atoms with E-state index < -0.39 is 17.9 Å². The third-order valence-electron chi connectivity index (χ3n) is 4.41. The molecule has 0 unspecified atom stereocenters. The summed E-state index contributed by atoms with van der Waals surface area (Å²) in [5.74, 6) is -1.34. The highest BCUT2D eigenvalue weighted by Crippen LogP contribution is 2.30. The highest BCUT2D eigenvalue weighted by atomic mass is 32.1. The van der Waals surface area contributed by atoms with Crippen LogP contribution in [0.2, 0.25) is 0 Å². The highest BCUT2D eigenvalue weighted by Gasteiger charge is 2.32. The van der Waals surface area contributed by atoms with Gasteiger partial charge in [0, 0.05) is 26.1 Å². The Morgan fingerprint density at radius 1 is 1.48 bits per heavy atom. The standard InChI is InChI=1S/C18H18F4N8O2S/c1-29(7-11(24)14(4-23)32-18(20,21)22)26-5-9-13(8-31)30(2)17-16(9)33-15(27-17)3-12-10(19)6-25-28-12/h4-6,8,23H,3,7,24H2,1-2H3,(H,25,28)/b14-11?,23-4?,26-5-. The summed E-state index contributed by atoms with van der Waals surface area (Å²) in [5, 5.41) is 19.2. The van der Waals surface area contributed by atoms with Crippen molar-refractivity contribution in [3.05, 3.63) is 45.4 Å². The SMILES string of the molecule is CN(CC(N)=C(C=N)OC(F)(F)F)/N=C\c1c(C=O)n(C)c2nc(Cc3[nH]ncc3F)sc12. The lowest BCUT2D eigenvalue weighted by molar-refractivity contribution is -0.302. The molecule has 0 saturated heterocycles. The molecule has 3 heterocycles. The molecule has 10 nitrogen and oxygen atoms in total. The normalized spacial score (nSPS) is 12.9. The topological polar surface area (TPSA) is 138 Å². The van der Waals surface area contributed by atoms with Gasteiger partial charge in [-0.2, -0.15) is 10.2 Å². The number of allylic oxidation sites excluding steroid dienone is 1. The molecule has 0 aromatic carbocycles. The number of fused-ring (bicyclic) bond motifs is 1. The Morgan fingerprint density at radius 3 is 2.79 bits per heavy atom. The molecule has 0 bridgehead atoms. The first-order valence-corrected chi connectivity index (χ1v) is 9.96. The first kappa shape index (κ1) is 23.9. The van der Waals surface area contributed by atoms with E-state index in [-0.39, 0.29) is 30.1 Å². The number of hydrogen-bond donors (Lipinski definition) is 3. The van der Waals surface area contributed by atoms with Gasteiger partial charge in [0.25, 0.3) is 0 Å². The Morgan fingerprint density at radius 2 is 2.21 bits per heavy atom. The molecular weight excluding hydrogens is 468 g/mol. The lowest BCUT2D eigenvalue weighted by atomic mass is 10.3. The second-order valence-corrected chi connectivity index (χ2v) is 7.83. The molecule has 0 spiro atoms. The number of thiazole rings is 1. The van der Waals surface area contributed by atoms with E-state index in [2.05, 4.69) is 25.0 Å². The monoisotopic (exact) mass is 486 g/mol. The molecule has 0 aliphatic heterocycles. The fourth-order valence-corrected chi connectivity index (χ4v) is 4.04. The molecule has 15 heteroatoms. The van der Waals surface area contributed by atoms with Crippen molar-refractivity contribution in [1.82, 2.24) is 24.8 Å². The van der Waals surface area contributed by atoms with Crippen molar-refractivity contribution in [3.63, 3.8) is 0 Å². The average Bonchev–Trinajstić information content (AvgIpc) is 3.40. The van der Waals surface area contributed by atoms with Crippen LogP contribution < -0.4 is 5.73 Å². The average molecular weight is 486 g/mol. The van der Waals surface area contributed by atoms with Gasteiger partial charge >= 0.3 is 6.36 Å². The number of aryl methyl sites for hydroxylation is 1. The van der Waals surface area contributed by atoms with Crippen molar-refractivity contribution in [2.75, 3.05) is 13.6 Å². The van der Waals surface area contributed by atoms with E-state index in [0.29, 0.717) is 33.4 Å². The molecule has 176 valence electrons. The summed E-state index contributed by atoms with van der Waals surface area (Å²) < 4.78 is 56.8. The van der Waals surface area contributed by atoms with Gasteiger partial charge in [-0.25, -0.2) is 9.37 Å². The minimum Gasteiger partial charge on any atom is -0.402 e. The molecule has 0 atom stereocenters. The van der Waals surface area contributed by atoms with E-state index in [4.69, 9.17) is 11.1 Å².